The molecule has 1 aromatic heterocycles. The zero-order chi connectivity index (χ0) is 14.0. The van der Waals surface area contributed by atoms with Crippen LogP contribution in [0.15, 0.2) is 24.3 Å². The molecule has 102 valence electrons. The fourth-order valence-corrected chi connectivity index (χ4v) is 2.29. The maximum atomic E-state index is 6.21. The third-order valence-electron chi connectivity index (χ3n) is 3.32. The number of aryl methyl sites for hydroxylation is 2. The first-order valence-corrected chi connectivity index (χ1v) is 6.88. The van der Waals surface area contributed by atoms with Crippen LogP contribution in [0.1, 0.15) is 36.6 Å². The molecule has 1 heterocycles. The third kappa shape index (κ3) is 3.10. The molecule has 0 radical (unpaired) electrons. The largest absolute Gasteiger partial charge is 0.381 e. The number of hydrogen-bond acceptors (Lipinski definition) is 2. The minimum absolute atomic E-state index is 0.559. The van der Waals surface area contributed by atoms with Gasteiger partial charge in [-0.2, -0.15) is 5.10 Å². The molecule has 19 heavy (non-hydrogen) atoms. The van der Waals surface area contributed by atoms with E-state index < -0.39 is 0 Å². The van der Waals surface area contributed by atoms with E-state index in [4.69, 9.17) is 11.6 Å². The molecule has 0 saturated carbocycles. The van der Waals surface area contributed by atoms with Gasteiger partial charge in [0.25, 0.3) is 0 Å². The lowest BCUT2D eigenvalue weighted by Gasteiger charge is -2.09. The van der Waals surface area contributed by atoms with E-state index in [1.54, 1.807) is 4.68 Å². The second kappa shape index (κ2) is 5.66. The minimum atomic E-state index is 0.559. The summed E-state index contributed by atoms with van der Waals surface area (Å²) in [6.07, 6.45) is 0. The van der Waals surface area contributed by atoms with Crippen LogP contribution in [0.2, 0.25) is 5.15 Å². The lowest BCUT2D eigenvalue weighted by atomic mass is 10.0. The van der Waals surface area contributed by atoms with E-state index in [1.165, 1.54) is 5.56 Å². The molecule has 0 aliphatic carbocycles. The van der Waals surface area contributed by atoms with Gasteiger partial charge in [-0.25, -0.2) is 0 Å². The van der Waals surface area contributed by atoms with Crippen molar-refractivity contribution >= 4 is 17.3 Å². The highest BCUT2D eigenvalue weighted by Crippen LogP contribution is 2.21. The number of nitrogens with zero attached hydrogens (tertiary/aromatic N) is 2. The van der Waals surface area contributed by atoms with E-state index in [2.05, 4.69) is 48.5 Å². The van der Waals surface area contributed by atoms with E-state index in [1.807, 2.05) is 14.0 Å². The van der Waals surface area contributed by atoms with Gasteiger partial charge in [0.1, 0.15) is 5.15 Å². The number of nitrogens with one attached hydrogen (secondary N) is 1. The standard InChI is InChI=1S/C15H20ClN3/c1-10(2)12-5-7-13(8-6-12)17-9-14-11(3)18-19(4)15(14)16/h5-8,10,17H,9H2,1-4H3. The molecular formula is C15H20ClN3. The monoisotopic (exact) mass is 277 g/mol. The van der Waals surface area contributed by atoms with Crippen LogP contribution in [-0.4, -0.2) is 9.78 Å². The van der Waals surface area contributed by atoms with Gasteiger partial charge in [-0.1, -0.05) is 37.6 Å². The first kappa shape index (κ1) is 13.9. The molecule has 0 bridgehead atoms. The van der Waals surface area contributed by atoms with Crippen LogP contribution in [-0.2, 0) is 13.6 Å². The number of halogens is 1. The Morgan fingerprint density at radius 3 is 2.37 bits per heavy atom. The molecular weight excluding hydrogens is 258 g/mol. The summed E-state index contributed by atoms with van der Waals surface area (Å²) in [7, 11) is 1.86. The molecule has 0 aliphatic heterocycles. The Balaban J connectivity index is 2.06. The normalized spacial score (nSPS) is 11.1. The van der Waals surface area contributed by atoms with E-state index in [-0.39, 0.29) is 0 Å². The van der Waals surface area contributed by atoms with Crippen molar-refractivity contribution in [2.75, 3.05) is 5.32 Å². The van der Waals surface area contributed by atoms with E-state index >= 15 is 0 Å². The fraction of sp³-hybridized carbons (Fsp3) is 0.400. The number of hydrogen-bond donors (Lipinski definition) is 1. The molecule has 1 aromatic carbocycles. The summed E-state index contributed by atoms with van der Waals surface area (Å²) < 4.78 is 1.70. The molecule has 3 nitrogen and oxygen atoms in total. The Bertz CT molecular complexity index is 556. The van der Waals surface area contributed by atoms with Gasteiger partial charge in [0.2, 0.25) is 0 Å². The van der Waals surface area contributed by atoms with Crippen molar-refractivity contribution in [1.82, 2.24) is 9.78 Å². The van der Waals surface area contributed by atoms with E-state index in [9.17, 15) is 0 Å². The molecule has 0 saturated heterocycles. The van der Waals surface area contributed by atoms with Gasteiger partial charge in [0.05, 0.1) is 5.69 Å². The van der Waals surface area contributed by atoms with Gasteiger partial charge in [-0.05, 0) is 30.5 Å². The van der Waals surface area contributed by atoms with Crippen molar-refractivity contribution in [2.24, 2.45) is 7.05 Å². The Kier molecular flexibility index (Phi) is 4.15. The number of rotatable bonds is 4. The Hall–Kier alpha value is -1.48. The quantitative estimate of drug-likeness (QED) is 0.911. The van der Waals surface area contributed by atoms with Crippen LogP contribution in [0.4, 0.5) is 5.69 Å². The molecule has 0 amide bonds. The molecule has 0 atom stereocenters. The number of benzene rings is 1. The van der Waals surface area contributed by atoms with Crippen molar-refractivity contribution < 1.29 is 0 Å². The number of aromatic nitrogens is 2. The minimum Gasteiger partial charge on any atom is -0.381 e. The van der Waals surface area contributed by atoms with Gasteiger partial charge in [0.15, 0.2) is 0 Å². The summed E-state index contributed by atoms with van der Waals surface area (Å²) in [6.45, 7) is 7.06. The molecule has 4 heteroatoms. The zero-order valence-electron chi connectivity index (χ0n) is 11.9. The summed E-state index contributed by atoms with van der Waals surface area (Å²) in [5, 5.41) is 8.39. The highest BCUT2D eigenvalue weighted by Gasteiger charge is 2.10. The van der Waals surface area contributed by atoms with Gasteiger partial charge >= 0.3 is 0 Å². The first-order valence-electron chi connectivity index (χ1n) is 6.51. The SMILES string of the molecule is Cc1nn(C)c(Cl)c1CNc1ccc(C(C)C)cc1. The predicted molar refractivity (Wildman–Crippen MR) is 80.8 cm³/mol. The second-order valence-electron chi connectivity index (χ2n) is 5.11. The maximum absolute atomic E-state index is 6.21. The summed E-state index contributed by atoms with van der Waals surface area (Å²) in [4.78, 5) is 0. The Labute approximate surface area is 119 Å². The smallest absolute Gasteiger partial charge is 0.131 e. The van der Waals surface area contributed by atoms with Crippen molar-refractivity contribution in [2.45, 2.75) is 33.2 Å². The summed E-state index contributed by atoms with van der Waals surface area (Å²) in [6, 6.07) is 8.53. The lowest BCUT2D eigenvalue weighted by molar-refractivity contribution is 0.757. The summed E-state index contributed by atoms with van der Waals surface area (Å²) in [5.41, 5.74) is 4.47. The van der Waals surface area contributed by atoms with Crippen molar-refractivity contribution in [3.63, 3.8) is 0 Å². The van der Waals surface area contributed by atoms with Crippen LogP contribution in [0.3, 0.4) is 0 Å². The Morgan fingerprint density at radius 2 is 1.89 bits per heavy atom. The van der Waals surface area contributed by atoms with Crippen molar-refractivity contribution in [1.29, 1.82) is 0 Å². The summed E-state index contributed by atoms with van der Waals surface area (Å²) >= 11 is 6.21. The van der Waals surface area contributed by atoms with Crippen LogP contribution < -0.4 is 5.32 Å². The lowest BCUT2D eigenvalue weighted by Crippen LogP contribution is -2.01. The average Bonchev–Trinajstić information content (AvgIpc) is 2.62. The van der Waals surface area contributed by atoms with Gasteiger partial charge in [0, 0.05) is 24.8 Å². The molecule has 0 fully saturated rings. The third-order valence-corrected chi connectivity index (χ3v) is 3.79. The molecule has 0 spiro atoms. The predicted octanol–water partition coefficient (Wildman–Crippen LogP) is 4.12. The van der Waals surface area contributed by atoms with Crippen LogP contribution in [0.5, 0.6) is 0 Å². The molecule has 0 aliphatic rings. The van der Waals surface area contributed by atoms with Crippen molar-refractivity contribution in [3.8, 4) is 0 Å². The fourth-order valence-electron chi connectivity index (χ4n) is 2.05. The highest BCUT2D eigenvalue weighted by molar-refractivity contribution is 6.30. The highest BCUT2D eigenvalue weighted by atomic mass is 35.5. The topological polar surface area (TPSA) is 29.9 Å². The van der Waals surface area contributed by atoms with Gasteiger partial charge < -0.3 is 5.32 Å². The molecule has 1 N–H and O–H groups in total. The van der Waals surface area contributed by atoms with Crippen LogP contribution in [0, 0.1) is 6.92 Å². The second-order valence-corrected chi connectivity index (χ2v) is 5.47. The van der Waals surface area contributed by atoms with E-state index in [0.29, 0.717) is 17.6 Å². The maximum Gasteiger partial charge on any atom is 0.131 e. The average molecular weight is 278 g/mol. The molecule has 2 rings (SSSR count). The van der Waals surface area contributed by atoms with Gasteiger partial charge in [-0.15, -0.1) is 0 Å². The Morgan fingerprint density at radius 1 is 1.26 bits per heavy atom. The first-order chi connectivity index (χ1) is 8.99. The van der Waals surface area contributed by atoms with Crippen LogP contribution in [0.25, 0.3) is 0 Å². The van der Waals surface area contributed by atoms with E-state index in [0.717, 1.165) is 16.9 Å². The van der Waals surface area contributed by atoms with Gasteiger partial charge in [-0.3, -0.25) is 4.68 Å². The summed E-state index contributed by atoms with van der Waals surface area (Å²) in [5.74, 6) is 0.559. The molecule has 0 unspecified atom stereocenters. The van der Waals surface area contributed by atoms with Crippen molar-refractivity contribution in [3.05, 3.63) is 46.2 Å². The molecule has 2 aromatic rings. The van der Waals surface area contributed by atoms with Crippen LogP contribution >= 0.6 is 11.6 Å². The number of anilines is 1. The zero-order valence-corrected chi connectivity index (χ0v) is 12.6.